The number of nitrogens with zero attached hydrogens (tertiary/aromatic N) is 2. The molecular formula is C12H15Cl2N3O2S. The van der Waals surface area contributed by atoms with E-state index in [2.05, 4.69) is 9.71 Å². The van der Waals surface area contributed by atoms with Gasteiger partial charge in [0, 0.05) is 13.1 Å². The van der Waals surface area contributed by atoms with Gasteiger partial charge in [-0.1, -0.05) is 17.7 Å². The van der Waals surface area contributed by atoms with Gasteiger partial charge in [0.1, 0.15) is 11.3 Å². The third-order valence-corrected chi connectivity index (χ3v) is 4.04. The number of hydrogen-bond acceptors (Lipinski definition) is 3. The topological polar surface area (TPSA) is 64.0 Å². The Kier molecular flexibility index (Phi) is 4.59. The molecule has 2 aromatic rings. The van der Waals surface area contributed by atoms with Crippen LogP contribution >= 0.6 is 23.2 Å². The molecule has 2 rings (SSSR count). The van der Waals surface area contributed by atoms with Crippen LogP contribution in [0.4, 0.5) is 0 Å². The monoisotopic (exact) mass is 335 g/mol. The highest BCUT2D eigenvalue weighted by Gasteiger charge is 2.16. The van der Waals surface area contributed by atoms with E-state index in [9.17, 15) is 8.42 Å². The molecule has 5 nitrogen and oxygen atoms in total. The van der Waals surface area contributed by atoms with Crippen LogP contribution in [0.2, 0.25) is 5.02 Å². The van der Waals surface area contributed by atoms with Gasteiger partial charge >= 0.3 is 0 Å². The maximum Gasteiger partial charge on any atom is 0.208 e. The van der Waals surface area contributed by atoms with Crippen molar-refractivity contribution in [3.8, 4) is 0 Å². The third-order valence-electron chi connectivity index (χ3n) is 2.81. The minimum atomic E-state index is -3.21. The van der Waals surface area contributed by atoms with Crippen LogP contribution in [0, 0.1) is 0 Å². The summed E-state index contributed by atoms with van der Waals surface area (Å²) in [6.45, 7) is 2.53. The van der Waals surface area contributed by atoms with Gasteiger partial charge in [-0.3, -0.25) is 0 Å². The van der Waals surface area contributed by atoms with E-state index in [0.717, 1.165) is 11.8 Å². The Morgan fingerprint density at radius 3 is 2.75 bits per heavy atom. The summed E-state index contributed by atoms with van der Waals surface area (Å²) in [4.78, 5) is 4.45. The number of nitrogens with one attached hydrogen (secondary N) is 1. The second-order valence-electron chi connectivity index (χ2n) is 4.51. The fraction of sp³-hybridized carbons (Fsp3) is 0.417. The van der Waals surface area contributed by atoms with E-state index >= 15 is 0 Å². The van der Waals surface area contributed by atoms with Gasteiger partial charge in [-0.25, -0.2) is 18.1 Å². The molecule has 20 heavy (non-hydrogen) atoms. The van der Waals surface area contributed by atoms with E-state index in [1.54, 1.807) is 6.07 Å². The normalized spacial score (nSPS) is 13.8. The van der Waals surface area contributed by atoms with Crippen molar-refractivity contribution in [2.75, 3.05) is 12.8 Å². The van der Waals surface area contributed by atoms with E-state index in [1.807, 2.05) is 23.6 Å². The average Bonchev–Trinajstić information content (AvgIpc) is 2.68. The lowest BCUT2D eigenvalue weighted by Gasteiger charge is -2.10. The molecule has 0 aliphatic heterocycles. The predicted octanol–water partition coefficient (Wildman–Crippen LogP) is 2.54. The molecule has 0 bridgehead atoms. The maximum atomic E-state index is 11.1. The first-order valence-electron chi connectivity index (χ1n) is 6.03. The van der Waals surface area contributed by atoms with Crippen molar-refractivity contribution in [3.05, 3.63) is 29.0 Å². The summed E-state index contributed by atoms with van der Waals surface area (Å²) in [6.07, 6.45) is 1.13. The minimum Gasteiger partial charge on any atom is -0.325 e. The van der Waals surface area contributed by atoms with E-state index in [-0.39, 0.29) is 11.9 Å². The van der Waals surface area contributed by atoms with Crippen LogP contribution in [0.15, 0.2) is 18.2 Å². The Hall–Kier alpha value is -0.820. The molecule has 0 saturated carbocycles. The van der Waals surface area contributed by atoms with E-state index in [1.165, 1.54) is 0 Å². The predicted molar refractivity (Wildman–Crippen MR) is 81.9 cm³/mol. The van der Waals surface area contributed by atoms with Crippen molar-refractivity contribution in [3.63, 3.8) is 0 Å². The van der Waals surface area contributed by atoms with Gasteiger partial charge in [-0.2, -0.15) is 0 Å². The number of benzene rings is 1. The van der Waals surface area contributed by atoms with Crippen molar-refractivity contribution < 1.29 is 8.42 Å². The standard InChI is InChI=1S/C12H15Cl2N3O2S/c1-8(13)12-16-11-9(14)4-3-5-10(11)17(12)7-6-15-20(2,18)19/h3-5,8,15H,6-7H2,1-2H3. The first-order chi connectivity index (χ1) is 9.29. The van der Waals surface area contributed by atoms with Crippen LogP contribution in [-0.4, -0.2) is 30.8 Å². The smallest absolute Gasteiger partial charge is 0.208 e. The second-order valence-corrected chi connectivity index (χ2v) is 7.41. The molecule has 1 unspecified atom stereocenters. The molecule has 1 heterocycles. The van der Waals surface area contributed by atoms with Crippen LogP contribution < -0.4 is 4.72 Å². The molecular weight excluding hydrogens is 321 g/mol. The molecule has 1 N–H and O–H groups in total. The highest BCUT2D eigenvalue weighted by Crippen LogP contribution is 2.28. The fourth-order valence-electron chi connectivity index (χ4n) is 2.01. The number of hydrogen-bond donors (Lipinski definition) is 1. The number of rotatable bonds is 5. The summed E-state index contributed by atoms with van der Waals surface area (Å²) >= 11 is 12.3. The summed E-state index contributed by atoms with van der Waals surface area (Å²) in [7, 11) is -3.21. The zero-order chi connectivity index (χ0) is 14.9. The lowest BCUT2D eigenvalue weighted by atomic mass is 10.3. The zero-order valence-corrected chi connectivity index (χ0v) is 13.4. The third kappa shape index (κ3) is 3.44. The number of sulfonamides is 1. The fourth-order valence-corrected chi connectivity index (χ4v) is 2.85. The lowest BCUT2D eigenvalue weighted by molar-refractivity contribution is 0.577. The summed E-state index contributed by atoms with van der Waals surface area (Å²) in [5.41, 5.74) is 1.52. The number of alkyl halides is 1. The van der Waals surface area contributed by atoms with Crippen LogP contribution in [0.5, 0.6) is 0 Å². The Bertz CT molecular complexity index is 726. The summed E-state index contributed by atoms with van der Waals surface area (Å²) in [5.74, 6) is 0.671. The second kappa shape index (κ2) is 5.89. The van der Waals surface area contributed by atoms with E-state index in [4.69, 9.17) is 23.2 Å². The number of halogens is 2. The zero-order valence-electron chi connectivity index (χ0n) is 11.1. The summed E-state index contributed by atoms with van der Waals surface area (Å²) < 4.78 is 26.6. The van der Waals surface area contributed by atoms with Gasteiger partial charge < -0.3 is 4.57 Å². The van der Waals surface area contributed by atoms with Crippen LogP contribution in [-0.2, 0) is 16.6 Å². The maximum absolute atomic E-state index is 11.1. The van der Waals surface area contributed by atoms with Gasteiger partial charge in [0.25, 0.3) is 0 Å². The Labute approximate surface area is 127 Å². The van der Waals surface area contributed by atoms with Crippen LogP contribution in [0.25, 0.3) is 11.0 Å². The lowest BCUT2D eigenvalue weighted by Crippen LogP contribution is -2.26. The molecule has 0 aliphatic rings. The van der Waals surface area contributed by atoms with Gasteiger partial charge in [-0.15, -0.1) is 11.6 Å². The van der Waals surface area contributed by atoms with Gasteiger partial charge in [0.2, 0.25) is 10.0 Å². The van der Waals surface area contributed by atoms with Crippen molar-refractivity contribution in [2.45, 2.75) is 18.8 Å². The first-order valence-corrected chi connectivity index (χ1v) is 8.73. The molecule has 1 aromatic carbocycles. The number of para-hydroxylation sites is 1. The number of fused-ring (bicyclic) bond motifs is 1. The quantitative estimate of drug-likeness (QED) is 0.854. The SMILES string of the molecule is CC(Cl)c1nc2c(Cl)cccc2n1CCNS(C)(=O)=O. The summed E-state index contributed by atoms with van der Waals surface area (Å²) in [6, 6.07) is 5.48. The minimum absolute atomic E-state index is 0.271. The molecule has 1 aromatic heterocycles. The number of aromatic nitrogens is 2. The molecule has 0 aliphatic carbocycles. The molecule has 0 spiro atoms. The molecule has 0 radical (unpaired) electrons. The highest BCUT2D eigenvalue weighted by atomic mass is 35.5. The molecule has 110 valence electrons. The van der Waals surface area contributed by atoms with Crippen molar-refractivity contribution in [1.29, 1.82) is 0 Å². The molecule has 8 heteroatoms. The highest BCUT2D eigenvalue weighted by molar-refractivity contribution is 7.88. The van der Waals surface area contributed by atoms with E-state index in [0.29, 0.717) is 22.9 Å². The molecule has 0 amide bonds. The number of imidazole rings is 1. The Morgan fingerprint density at radius 2 is 2.15 bits per heavy atom. The van der Waals surface area contributed by atoms with Crippen molar-refractivity contribution in [1.82, 2.24) is 14.3 Å². The Balaban J connectivity index is 2.39. The average molecular weight is 336 g/mol. The van der Waals surface area contributed by atoms with Crippen molar-refractivity contribution >= 4 is 44.3 Å². The van der Waals surface area contributed by atoms with E-state index < -0.39 is 10.0 Å². The van der Waals surface area contributed by atoms with Crippen LogP contribution in [0.1, 0.15) is 18.1 Å². The van der Waals surface area contributed by atoms with Gasteiger partial charge in [0.15, 0.2) is 0 Å². The molecule has 0 fully saturated rings. The summed E-state index contributed by atoms with van der Waals surface area (Å²) in [5, 5.41) is 0.257. The largest absolute Gasteiger partial charge is 0.325 e. The molecule has 0 saturated heterocycles. The van der Waals surface area contributed by atoms with Crippen LogP contribution in [0.3, 0.4) is 0 Å². The van der Waals surface area contributed by atoms with Gasteiger partial charge in [-0.05, 0) is 19.1 Å². The molecule has 1 atom stereocenters. The first kappa shape index (κ1) is 15.6. The Morgan fingerprint density at radius 1 is 1.45 bits per heavy atom. The van der Waals surface area contributed by atoms with Crippen molar-refractivity contribution in [2.24, 2.45) is 0 Å². The van der Waals surface area contributed by atoms with Gasteiger partial charge in [0.05, 0.1) is 22.2 Å².